The fourth-order valence-corrected chi connectivity index (χ4v) is 12.0. The van der Waals surface area contributed by atoms with Crippen LogP contribution in [0.1, 0.15) is 206 Å². The first-order valence-electron chi connectivity index (χ1n) is 31.6. The summed E-state index contributed by atoms with van der Waals surface area (Å²) in [7, 11) is -0.378. The number of hydrogen-bond donors (Lipinski definition) is 0. The van der Waals surface area contributed by atoms with Gasteiger partial charge in [0.1, 0.15) is 23.0 Å². The van der Waals surface area contributed by atoms with Crippen LogP contribution in [0.5, 0.6) is 23.0 Å². The highest BCUT2D eigenvalue weighted by atomic mass is 16.7. The Morgan fingerprint density at radius 3 is 1.44 bits per heavy atom. The van der Waals surface area contributed by atoms with E-state index in [1.807, 2.05) is 0 Å². The van der Waals surface area contributed by atoms with Crippen LogP contribution in [-0.2, 0) is 9.31 Å². The second kappa shape index (κ2) is 28.8. The van der Waals surface area contributed by atoms with Gasteiger partial charge in [0.05, 0.1) is 37.6 Å². The Kier molecular flexibility index (Phi) is 21.2. The molecule has 1 saturated heterocycles. The number of rotatable bonds is 31. The van der Waals surface area contributed by atoms with Crippen LogP contribution < -0.4 is 29.3 Å². The molecule has 1 saturated carbocycles. The molecule has 0 N–H and O–H groups in total. The summed E-state index contributed by atoms with van der Waals surface area (Å²) in [6.07, 6.45) is 24.5. The third-order valence-corrected chi connectivity index (χ3v) is 17.5. The third-order valence-electron chi connectivity index (χ3n) is 17.5. The molecule has 2 aliphatic heterocycles. The van der Waals surface area contributed by atoms with E-state index in [0.717, 1.165) is 125 Å². The van der Waals surface area contributed by atoms with Gasteiger partial charge < -0.3 is 33.2 Å². The molecule has 3 aliphatic rings. The Balaban J connectivity index is 1.08. The molecule has 0 aromatic heterocycles. The molecule has 9 rings (SSSR count). The van der Waals surface area contributed by atoms with E-state index in [2.05, 4.69) is 194 Å². The van der Waals surface area contributed by atoms with E-state index < -0.39 is 0 Å². The summed E-state index contributed by atoms with van der Waals surface area (Å²) < 4.78 is 39.2. The van der Waals surface area contributed by atoms with Gasteiger partial charge in [0.25, 0.3) is 0 Å². The molecular formula is C73H94BNO6. The summed E-state index contributed by atoms with van der Waals surface area (Å²) in [5.74, 6) is 4.06. The van der Waals surface area contributed by atoms with Crippen LogP contribution >= 0.6 is 0 Å². The normalized spacial score (nSPS) is 16.8. The topological polar surface area (TPSA) is 58.6 Å². The number of nitrogens with zero attached hydrogens (tertiary/aromatic N) is 1. The molecule has 7 nitrogen and oxygen atoms in total. The molecule has 0 bridgehead atoms. The van der Waals surface area contributed by atoms with Crippen LogP contribution in [0, 0.1) is 0 Å². The first kappa shape index (κ1) is 59.7. The van der Waals surface area contributed by atoms with Crippen molar-refractivity contribution in [3.63, 3.8) is 0 Å². The maximum absolute atomic E-state index is 6.86. The first-order chi connectivity index (χ1) is 39.5. The Labute approximate surface area is 488 Å². The van der Waals surface area contributed by atoms with Crippen molar-refractivity contribution in [3.8, 4) is 45.3 Å². The van der Waals surface area contributed by atoms with E-state index in [0.29, 0.717) is 25.2 Å². The molecule has 0 spiro atoms. The van der Waals surface area contributed by atoms with Gasteiger partial charge in [-0.25, -0.2) is 0 Å². The average molecular weight is 1090 g/mol. The van der Waals surface area contributed by atoms with E-state index >= 15 is 0 Å². The Hall–Kier alpha value is -5.96. The first-order valence-corrected chi connectivity index (χ1v) is 31.6. The van der Waals surface area contributed by atoms with Gasteiger partial charge in [-0.2, -0.15) is 0 Å². The molecule has 8 heteroatoms. The minimum absolute atomic E-state index is 0.378. The Morgan fingerprint density at radius 2 is 0.975 bits per heavy atom. The molecule has 81 heavy (non-hydrogen) atoms. The van der Waals surface area contributed by atoms with Crippen molar-refractivity contribution in [2.24, 2.45) is 0 Å². The van der Waals surface area contributed by atoms with Gasteiger partial charge in [-0.1, -0.05) is 184 Å². The predicted molar refractivity (Wildman–Crippen MR) is 340 cm³/mol. The second-order valence-corrected chi connectivity index (χ2v) is 24.1. The van der Waals surface area contributed by atoms with Crippen LogP contribution in [-0.4, -0.2) is 50.8 Å². The van der Waals surface area contributed by atoms with Gasteiger partial charge in [-0.15, -0.1) is 0 Å². The highest BCUT2D eigenvalue weighted by molar-refractivity contribution is 6.62. The number of fused-ring (bicyclic) bond motifs is 3. The zero-order valence-corrected chi connectivity index (χ0v) is 50.6. The molecule has 6 aromatic rings. The summed E-state index contributed by atoms with van der Waals surface area (Å²) >= 11 is 0. The van der Waals surface area contributed by atoms with Crippen LogP contribution in [0.3, 0.4) is 0 Å². The molecular weight excluding hydrogens is 998 g/mol. The smallest absolute Gasteiger partial charge is 0.494 e. The van der Waals surface area contributed by atoms with E-state index in [-0.39, 0.29) is 18.3 Å². The van der Waals surface area contributed by atoms with Crippen molar-refractivity contribution in [1.82, 2.24) is 0 Å². The lowest BCUT2D eigenvalue weighted by atomic mass is 9.77. The van der Waals surface area contributed by atoms with Crippen molar-refractivity contribution < 1.29 is 28.3 Å². The van der Waals surface area contributed by atoms with Crippen molar-refractivity contribution in [2.75, 3.05) is 31.3 Å². The number of unbranched alkanes of at least 4 members (excludes halogenated alkanes) is 12. The fraction of sp³-hybridized carbons (Fsp3) is 0.479. The number of benzene rings is 6. The third kappa shape index (κ3) is 15.0. The predicted octanol–water partition coefficient (Wildman–Crippen LogP) is 19.5. The lowest BCUT2D eigenvalue weighted by Gasteiger charge is -2.32. The van der Waals surface area contributed by atoms with E-state index in [9.17, 15) is 0 Å². The van der Waals surface area contributed by atoms with E-state index in [1.54, 1.807) is 0 Å². The van der Waals surface area contributed by atoms with Crippen LogP contribution in [0.4, 0.5) is 11.4 Å². The summed E-state index contributed by atoms with van der Waals surface area (Å²) in [4.78, 5) is 2.61. The van der Waals surface area contributed by atoms with Crippen molar-refractivity contribution in [3.05, 3.63) is 150 Å². The molecule has 2 heterocycles. The Bertz CT molecular complexity index is 2810. The van der Waals surface area contributed by atoms with Crippen LogP contribution in [0.2, 0.25) is 0 Å². The van der Waals surface area contributed by atoms with Gasteiger partial charge in [-0.3, -0.25) is 0 Å². The monoisotopic (exact) mass is 1090 g/mol. The highest BCUT2D eigenvalue weighted by Gasteiger charge is 2.52. The van der Waals surface area contributed by atoms with Crippen LogP contribution in [0.15, 0.2) is 127 Å². The largest absolute Gasteiger partial charge is 0.494 e. The average Bonchev–Trinajstić information content (AvgIpc) is 3.85. The summed E-state index contributed by atoms with van der Waals surface area (Å²) in [6.45, 7) is 20.3. The molecule has 6 aromatic carbocycles. The Morgan fingerprint density at radius 1 is 0.506 bits per heavy atom. The van der Waals surface area contributed by atoms with E-state index in [1.165, 1.54) is 100 Å². The van der Waals surface area contributed by atoms with Gasteiger partial charge in [0.2, 0.25) is 0 Å². The summed E-state index contributed by atoms with van der Waals surface area (Å²) in [6, 6.07) is 47.3. The van der Waals surface area contributed by atoms with Gasteiger partial charge in [0.15, 0.2) is 0 Å². The summed E-state index contributed by atoms with van der Waals surface area (Å²) in [5.41, 5.74) is 13.0. The second-order valence-electron chi connectivity index (χ2n) is 24.1. The van der Waals surface area contributed by atoms with Crippen molar-refractivity contribution in [2.45, 2.75) is 201 Å². The number of anilines is 2. The van der Waals surface area contributed by atoms with Gasteiger partial charge in [0, 0.05) is 34.5 Å². The SMILES string of the molecule is CCCCCCOc1ccc(-c2ccc(C(=Cc3ccc(N4c5ccc(B6OC(C)(C)C(C)(C)O6)cc5C5CCCC54)cc3)c3ccc(-c4ccc(OCCCCCC)cc4)c(OCCCCCC)c3)cc2OCCCCCC)cc1. The molecule has 430 valence electrons. The summed E-state index contributed by atoms with van der Waals surface area (Å²) in [5, 5.41) is 0. The maximum atomic E-state index is 6.86. The van der Waals surface area contributed by atoms with E-state index in [4.69, 9.17) is 28.3 Å². The molecule has 2 atom stereocenters. The minimum atomic E-state index is -0.388. The quantitative estimate of drug-likeness (QED) is 0.0244. The number of hydrogen-bond acceptors (Lipinski definition) is 7. The molecule has 1 aliphatic carbocycles. The fourth-order valence-electron chi connectivity index (χ4n) is 12.0. The molecule has 2 fully saturated rings. The maximum Gasteiger partial charge on any atom is 0.494 e. The van der Waals surface area contributed by atoms with Gasteiger partial charge >= 0.3 is 7.12 Å². The highest BCUT2D eigenvalue weighted by Crippen LogP contribution is 2.52. The van der Waals surface area contributed by atoms with Crippen molar-refractivity contribution >= 4 is 35.6 Å². The zero-order chi connectivity index (χ0) is 56.6. The number of ether oxygens (including phenoxy) is 4. The standard InChI is InChI=1S/C73H94BNO6/c1-9-13-17-21-46-76-61-39-30-55(31-40-61)63-43-34-57(51-70(63)78-48-23-19-15-11-3)66(58-35-44-64(71(52-58)79-49-24-20-16-12-4)56-32-41-62(42-33-56)77-47-22-18-14-10-2)50-54-28-37-60(38-29-54)75-68-27-25-26-65(68)67-53-59(36-45-69(67)75)74-80-72(5,6)73(7,8)81-74/h28-45,50-53,65,68H,9-27,46-49H2,1-8H3. The van der Waals surface area contributed by atoms with Crippen molar-refractivity contribution in [1.29, 1.82) is 0 Å². The van der Waals surface area contributed by atoms with Crippen LogP contribution in [0.25, 0.3) is 33.9 Å². The molecule has 0 amide bonds. The van der Waals surface area contributed by atoms with Gasteiger partial charge in [-0.05, 0) is 171 Å². The lowest BCUT2D eigenvalue weighted by Crippen LogP contribution is -2.41. The lowest BCUT2D eigenvalue weighted by molar-refractivity contribution is 0.00578. The molecule has 0 radical (unpaired) electrons. The molecule has 2 unspecified atom stereocenters. The zero-order valence-electron chi connectivity index (χ0n) is 50.6. The minimum Gasteiger partial charge on any atom is -0.494 e.